The molecule has 0 aliphatic carbocycles. The molecule has 3 aromatic rings. The Morgan fingerprint density at radius 3 is 2.50 bits per heavy atom. The van der Waals surface area contributed by atoms with E-state index in [0.29, 0.717) is 11.1 Å². The van der Waals surface area contributed by atoms with E-state index in [1.807, 2.05) is 39.0 Å². The average Bonchev–Trinajstić information content (AvgIpc) is 2.62. The van der Waals surface area contributed by atoms with Gasteiger partial charge in [0, 0.05) is 16.5 Å². The Balaban J connectivity index is 1.87. The lowest BCUT2D eigenvalue weighted by Crippen LogP contribution is -2.17. The highest BCUT2D eigenvalue weighted by Crippen LogP contribution is 2.41. The molecule has 1 aliphatic heterocycles. The third-order valence-corrected chi connectivity index (χ3v) is 5.11. The van der Waals surface area contributed by atoms with Gasteiger partial charge in [-0.05, 0) is 56.4 Å². The van der Waals surface area contributed by atoms with Crippen molar-refractivity contribution in [2.75, 3.05) is 0 Å². The van der Waals surface area contributed by atoms with Crippen molar-refractivity contribution in [1.82, 2.24) is 0 Å². The number of hydrogen-bond donors (Lipinski definition) is 0. The fraction of sp³-hybridized carbons (Fsp3) is 0.286. The Bertz CT molecular complexity index is 984. The van der Waals surface area contributed by atoms with Crippen molar-refractivity contribution in [3.05, 3.63) is 74.6 Å². The van der Waals surface area contributed by atoms with E-state index >= 15 is 0 Å². The van der Waals surface area contributed by atoms with Gasteiger partial charge in [0.1, 0.15) is 17.4 Å². The molecule has 0 spiro atoms. The normalized spacial score (nSPS) is 16.7. The summed E-state index contributed by atoms with van der Waals surface area (Å²) in [6, 6.07) is 12.4. The maximum absolute atomic E-state index is 12.1. The summed E-state index contributed by atoms with van der Waals surface area (Å²) in [6.07, 6.45) is 1.97. The molecule has 1 unspecified atom stereocenters. The SMILES string of the molecule is Cc1c(C)c2cc3c(c(C)c2oc1=O)OC(c1ccccc1)CC3. The maximum Gasteiger partial charge on any atom is 0.339 e. The predicted molar refractivity (Wildman–Crippen MR) is 94.8 cm³/mol. The molecule has 0 N–H and O–H groups in total. The minimum atomic E-state index is -0.265. The molecule has 3 nitrogen and oxygen atoms in total. The van der Waals surface area contributed by atoms with Crippen LogP contribution in [0.4, 0.5) is 0 Å². The van der Waals surface area contributed by atoms with Crippen LogP contribution in [-0.2, 0) is 6.42 Å². The highest BCUT2D eigenvalue weighted by molar-refractivity contribution is 5.87. The van der Waals surface area contributed by atoms with Gasteiger partial charge in [-0.15, -0.1) is 0 Å². The third-order valence-electron chi connectivity index (χ3n) is 5.11. The van der Waals surface area contributed by atoms with Crippen LogP contribution in [0.25, 0.3) is 11.0 Å². The van der Waals surface area contributed by atoms with Crippen LogP contribution < -0.4 is 10.4 Å². The van der Waals surface area contributed by atoms with Crippen LogP contribution in [0.1, 0.15) is 40.3 Å². The minimum Gasteiger partial charge on any atom is -0.485 e. The van der Waals surface area contributed by atoms with Gasteiger partial charge in [-0.25, -0.2) is 4.79 Å². The van der Waals surface area contributed by atoms with Gasteiger partial charge >= 0.3 is 5.63 Å². The van der Waals surface area contributed by atoms with E-state index in [1.165, 1.54) is 11.1 Å². The van der Waals surface area contributed by atoms with E-state index in [1.54, 1.807) is 0 Å². The van der Waals surface area contributed by atoms with E-state index in [0.717, 1.165) is 35.1 Å². The van der Waals surface area contributed by atoms with Gasteiger partial charge in [-0.1, -0.05) is 30.3 Å². The molecule has 1 aromatic heterocycles. The van der Waals surface area contributed by atoms with Crippen molar-refractivity contribution >= 4 is 11.0 Å². The number of rotatable bonds is 1. The largest absolute Gasteiger partial charge is 0.485 e. The maximum atomic E-state index is 12.1. The molecule has 0 saturated heterocycles. The van der Waals surface area contributed by atoms with E-state index in [9.17, 15) is 4.79 Å². The highest BCUT2D eigenvalue weighted by Gasteiger charge is 2.25. The van der Waals surface area contributed by atoms with Crippen LogP contribution in [0.2, 0.25) is 0 Å². The molecular formula is C21H20O3. The first-order chi connectivity index (χ1) is 11.6. The molecule has 0 bridgehead atoms. The van der Waals surface area contributed by atoms with Crippen molar-refractivity contribution in [3.63, 3.8) is 0 Å². The van der Waals surface area contributed by atoms with Crippen molar-refractivity contribution in [3.8, 4) is 5.75 Å². The molecule has 2 heterocycles. The standard InChI is InChI=1S/C21H20O3/c1-12-13(2)21(22)24-20-14(3)19-16(11-17(12)20)9-10-18(23-19)15-7-5-4-6-8-15/h4-8,11,18H,9-10H2,1-3H3. The first-order valence-corrected chi connectivity index (χ1v) is 8.34. The summed E-state index contributed by atoms with van der Waals surface area (Å²) in [5, 5.41) is 1.02. The van der Waals surface area contributed by atoms with E-state index < -0.39 is 0 Å². The smallest absolute Gasteiger partial charge is 0.339 e. The summed E-state index contributed by atoms with van der Waals surface area (Å²) in [5.41, 5.74) is 5.36. The molecule has 24 heavy (non-hydrogen) atoms. The molecule has 122 valence electrons. The van der Waals surface area contributed by atoms with Crippen LogP contribution in [0.5, 0.6) is 5.75 Å². The van der Waals surface area contributed by atoms with Gasteiger partial charge in [0.25, 0.3) is 0 Å². The molecule has 4 rings (SSSR count). The minimum absolute atomic E-state index is 0.0492. The number of fused-ring (bicyclic) bond motifs is 2. The first-order valence-electron chi connectivity index (χ1n) is 8.34. The Morgan fingerprint density at radius 2 is 1.75 bits per heavy atom. The second-order valence-corrected chi connectivity index (χ2v) is 6.56. The van der Waals surface area contributed by atoms with Crippen LogP contribution >= 0.6 is 0 Å². The topological polar surface area (TPSA) is 39.4 Å². The molecule has 0 saturated carbocycles. The highest BCUT2D eigenvalue weighted by atomic mass is 16.5. The molecule has 1 atom stereocenters. The van der Waals surface area contributed by atoms with Crippen LogP contribution in [0.3, 0.4) is 0 Å². The number of hydrogen-bond acceptors (Lipinski definition) is 3. The lowest BCUT2D eigenvalue weighted by molar-refractivity contribution is 0.175. The summed E-state index contributed by atoms with van der Waals surface area (Å²) >= 11 is 0. The van der Waals surface area contributed by atoms with Crippen LogP contribution in [0, 0.1) is 20.8 Å². The van der Waals surface area contributed by atoms with E-state index in [2.05, 4.69) is 18.2 Å². The summed E-state index contributed by atoms with van der Waals surface area (Å²) in [7, 11) is 0. The lowest BCUT2D eigenvalue weighted by atomic mass is 9.93. The fourth-order valence-electron chi connectivity index (χ4n) is 3.53. The molecular weight excluding hydrogens is 300 g/mol. The lowest BCUT2D eigenvalue weighted by Gasteiger charge is -2.28. The van der Waals surface area contributed by atoms with Crippen LogP contribution in [-0.4, -0.2) is 0 Å². The summed E-state index contributed by atoms with van der Waals surface area (Å²) in [6.45, 7) is 5.78. The Hall–Kier alpha value is -2.55. The van der Waals surface area contributed by atoms with Crippen molar-refractivity contribution in [2.24, 2.45) is 0 Å². The van der Waals surface area contributed by atoms with E-state index in [-0.39, 0.29) is 11.7 Å². The zero-order valence-corrected chi connectivity index (χ0v) is 14.2. The second-order valence-electron chi connectivity index (χ2n) is 6.56. The predicted octanol–water partition coefficient (Wildman–Crippen LogP) is 4.78. The third kappa shape index (κ3) is 2.23. The summed E-state index contributed by atoms with van der Waals surface area (Å²) in [4.78, 5) is 12.1. The molecule has 0 amide bonds. The Morgan fingerprint density at radius 1 is 1.00 bits per heavy atom. The number of ether oxygens (including phenoxy) is 1. The Labute approximate surface area is 140 Å². The zero-order chi connectivity index (χ0) is 16.8. The number of benzene rings is 2. The van der Waals surface area contributed by atoms with Crippen molar-refractivity contribution in [1.29, 1.82) is 0 Å². The van der Waals surface area contributed by atoms with E-state index in [4.69, 9.17) is 9.15 Å². The monoisotopic (exact) mass is 320 g/mol. The quantitative estimate of drug-likeness (QED) is 0.605. The molecule has 1 aliphatic rings. The van der Waals surface area contributed by atoms with Gasteiger partial charge in [-0.2, -0.15) is 0 Å². The van der Waals surface area contributed by atoms with Gasteiger partial charge in [0.2, 0.25) is 0 Å². The Kier molecular flexibility index (Phi) is 3.45. The van der Waals surface area contributed by atoms with Gasteiger partial charge in [0.15, 0.2) is 0 Å². The first kappa shape index (κ1) is 15.0. The van der Waals surface area contributed by atoms with Crippen molar-refractivity contribution < 1.29 is 9.15 Å². The average molecular weight is 320 g/mol. The molecule has 3 heteroatoms. The van der Waals surface area contributed by atoms with Gasteiger partial charge in [0.05, 0.1) is 0 Å². The van der Waals surface area contributed by atoms with Crippen LogP contribution in [0.15, 0.2) is 45.6 Å². The molecule has 0 fully saturated rings. The fourth-order valence-corrected chi connectivity index (χ4v) is 3.53. The number of aryl methyl sites for hydroxylation is 3. The summed E-state index contributed by atoms with van der Waals surface area (Å²) < 4.78 is 11.9. The van der Waals surface area contributed by atoms with Gasteiger partial charge in [-0.3, -0.25) is 0 Å². The zero-order valence-electron chi connectivity index (χ0n) is 14.2. The van der Waals surface area contributed by atoms with Gasteiger partial charge < -0.3 is 9.15 Å². The molecule has 2 aromatic carbocycles. The van der Waals surface area contributed by atoms with Crippen molar-refractivity contribution in [2.45, 2.75) is 39.7 Å². The second kappa shape index (κ2) is 5.52. The molecule has 0 radical (unpaired) electrons. The summed E-state index contributed by atoms with van der Waals surface area (Å²) in [5.74, 6) is 0.869.